The van der Waals surface area contributed by atoms with Crippen LogP contribution in [0.4, 0.5) is 0 Å². The van der Waals surface area contributed by atoms with E-state index >= 15 is 0 Å². The maximum absolute atomic E-state index is 10.7. The molecule has 148 valence electrons. The van der Waals surface area contributed by atoms with Crippen molar-refractivity contribution in [3.8, 4) is 5.75 Å². The van der Waals surface area contributed by atoms with Crippen molar-refractivity contribution in [2.45, 2.75) is 11.8 Å². The molecule has 3 aromatic carbocycles. The highest BCUT2D eigenvalue weighted by molar-refractivity contribution is 14.1. The first-order valence-electron chi connectivity index (χ1n) is 9.13. The van der Waals surface area contributed by atoms with Gasteiger partial charge in [-0.25, -0.2) is 4.79 Å². The van der Waals surface area contributed by atoms with E-state index < -0.39 is 5.97 Å². The van der Waals surface area contributed by atoms with Gasteiger partial charge in [0.1, 0.15) is 5.75 Å². The highest BCUT2D eigenvalue weighted by Crippen LogP contribution is 2.30. The van der Waals surface area contributed by atoms with Gasteiger partial charge >= 0.3 is 5.97 Å². The average Bonchev–Trinajstić information content (AvgIpc) is 2.72. The summed E-state index contributed by atoms with van der Waals surface area (Å²) in [5.74, 6) is 0.426. The van der Waals surface area contributed by atoms with Crippen molar-refractivity contribution in [2.24, 2.45) is 0 Å². The van der Waals surface area contributed by atoms with Gasteiger partial charge in [0.15, 0.2) is 6.61 Å². The minimum absolute atomic E-state index is 0.329. The number of aliphatic carboxylic acids is 1. The fourth-order valence-electron chi connectivity index (χ4n) is 2.91. The molecule has 0 radical (unpaired) electrons. The van der Waals surface area contributed by atoms with Crippen molar-refractivity contribution in [2.75, 3.05) is 12.4 Å². The number of rotatable bonds is 8. The summed E-state index contributed by atoms with van der Waals surface area (Å²) in [6, 6.07) is 24.5. The number of carbonyl (C=O) groups is 1. The molecule has 0 unspecified atom stereocenters. The van der Waals surface area contributed by atoms with Gasteiger partial charge in [0, 0.05) is 14.2 Å². The van der Waals surface area contributed by atoms with E-state index in [1.807, 2.05) is 31.2 Å². The van der Waals surface area contributed by atoms with E-state index in [0.717, 1.165) is 16.2 Å². The Hall–Kier alpha value is -2.25. The Balaban J connectivity index is 1.78. The molecular formula is C24H21IO3S. The Morgan fingerprint density at radius 2 is 1.79 bits per heavy atom. The van der Waals surface area contributed by atoms with Gasteiger partial charge < -0.3 is 9.84 Å². The molecule has 0 aromatic heterocycles. The lowest BCUT2D eigenvalue weighted by atomic mass is 9.98. The monoisotopic (exact) mass is 516 g/mol. The first-order valence-corrected chi connectivity index (χ1v) is 11.2. The van der Waals surface area contributed by atoms with Gasteiger partial charge in [-0.15, -0.1) is 11.8 Å². The maximum Gasteiger partial charge on any atom is 0.341 e. The smallest absolute Gasteiger partial charge is 0.341 e. The SMILES string of the molecule is Cc1cc(OCC(=O)O)ccc1SC/C=C(/c1ccccc1)c1ccccc1I. The van der Waals surface area contributed by atoms with Crippen molar-refractivity contribution in [1.29, 1.82) is 0 Å². The molecule has 0 saturated heterocycles. The van der Waals surface area contributed by atoms with Gasteiger partial charge in [0.2, 0.25) is 0 Å². The second-order valence-corrected chi connectivity index (χ2v) is 8.61. The lowest BCUT2D eigenvalue weighted by Crippen LogP contribution is -2.09. The number of hydrogen-bond acceptors (Lipinski definition) is 3. The summed E-state index contributed by atoms with van der Waals surface area (Å²) >= 11 is 4.14. The third kappa shape index (κ3) is 6.11. The first-order chi connectivity index (χ1) is 14.0. The molecule has 0 amide bonds. The first kappa shape index (κ1) is 21.5. The molecule has 0 atom stereocenters. The van der Waals surface area contributed by atoms with Crippen LogP contribution in [0.25, 0.3) is 5.57 Å². The zero-order chi connectivity index (χ0) is 20.6. The van der Waals surface area contributed by atoms with Crippen LogP contribution in [0.15, 0.2) is 83.8 Å². The molecule has 0 saturated carbocycles. The standard InChI is InChI=1S/C24H21IO3S/c1-17-15-19(28-16-24(26)27)11-12-23(17)29-14-13-20(18-7-3-2-4-8-18)21-9-5-6-10-22(21)25/h2-13,15H,14,16H2,1H3,(H,26,27)/b20-13-. The quantitative estimate of drug-likeness (QED) is 0.283. The summed E-state index contributed by atoms with van der Waals surface area (Å²) in [5, 5.41) is 8.74. The average molecular weight is 516 g/mol. The van der Waals surface area contributed by atoms with Crippen LogP contribution in [-0.2, 0) is 4.79 Å². The Morgan fingerprint density at radius 1 is 1.07 bits per heavy atom. The van der Waals surface area contributed by atoms with E-state index in [9.17, 15) is 4.79 Å². The van der Waals surface area contributed by atoms with Crippen LogP contribution in [0, 0.1) is 10.5 Å². The molecule has 0 bridgehead atoms. The van der Waals surface area contributed by atoms with E-state index in [4.69, 9.17) is 9.84 Å². The second-order valence-electron chi connectivity index (χ2n) is 6.38. The normalized spacial score (nSPS) is 11.3. The van der Waals surface area contributed by atoms with E-state index in [1.54, 1.807) is 11.8 Å². The Bertz CT molecular complexity index is 1020. The lowest BCUT2D eigenvalue weighted by Gasteiger charge is -2.12. The summed E-state index contributed by atoms with van der Waals surface area (Å²) in [7, 11) is 0. The van der Waals surface area contributed by atoms with Crippen LogP contribution in [0.3, 0.4) is 0 Å². The number of halogens is 1. The number of aryl methyl sites for hydroxylation is 1. The van der Waals surface area contributed by atoms with Crippen LogP contribution in [0.2, 0.25) is 0 Å². The number of ether oxygens (including phenoxy) is 1. The highest BCUT2D eigenvalue weighted by atomic mass is 127. The minimum atomic E-state index is -0.977. The molecule has 0 aliphatic rings. The molecule has 0 aliphatic heterocycles. The molecule has 3 nitrogen and oxygen atoms in total. The van der Waals surface area contributed by atoms with Crippen LogP contribution in [-0.4, -0.2) is 23.4 Å². The molecule has 0 aliphatic carbocycles. The number of thioether (sulfide) groups is 1. The predicted octanol–water partition coefficient (Wildman–Crippen LogP) is 6.29. The predicted molar refractivity (Wildman–Crippen MR) is 128 cm³/mol. The summed E-state index contributed by atoms with van der Waals surface area (Å²) in [6.07, 6.45) is 2.27. The van der Waals surface area contributed by atoms with Crippen LogP contribution < -0.4 is 4.74 Å². The molecule has 1 N–H and O–H groups in total. The van der Waals surface area contributed by atoms with E-state index in [2.05, 4.69) is 77.2 Å². The second kappa shape index (κ2) is 10.5. The Kier molecular flexibility index (Phi) is 7.77. The number of hydrogen-bond donors (Lipinski definition) is 1. The van der Waals surface area contributed by atoms with Crippen molar-refractivity contribution >= 4 is 45.9 Å². The zero-order valence-electron chi connectivity index (χ0n) is 16.0. The fourth-order valence-corrected chi connectivity index (χ4v) is 4.47. The molecule has 0 heterocycles. The van der Waals surface area contributed by atoms with Crippen molar-refractivity contribution in [3.05, 3.63) is 99.1 Å². The van der Waals surface area contributed by atoms with Crippen molar-refractivity contribution in [1.82, 2.24) is 0 Å². The van der Waals surface area contributed by atoms with Crippen molar-refractivity contribution < 1.29 is 14.6 Å². The Morgan fingerprint density at radius 3 is 2.48 bits per heavy atom. The van der Waals surface area contributed by atoms with E-state index in [0.29, 0.717) is 5.75 Å². The zero-order valence-corrected chi connectivity index (χ0v) is 18.9. The fraction of sp³-hybridized carbons (Fsp3) is 0.125. The van der Waals surface area contributed by atoms with Crippen LogP contribution in [0.5, 0.6) is 5.75 Å². The number of carboxylic acids is 1. The molecule has 29 heavy (non-hydrogen) atoms. The highest BCUT2D eigenvalue weighted by Gasteiger charge is 2.09. The van der Waals surface area contributed by atoms with Crippen LogP contribution >= 0.6 is 34.4 Å². The van der Waals surface area contributed by atoms with E-state index in [1.165, 1.54) is 20.3 Å². The van der Waals surface area contributed by atoms with Gasteiger partial charge in [-0.05, 0) is 76.0 Å². The van der Waals surface area contributed by atoms with Gasteiger partial charge in [-0.2, -0.15) is 0 Å². The molecule has 5 heteroatoms. The van der Waals surface area contributed by atoms with Gasteiger partial charge in [0.05, 0.1) is 0 Å². The van der Waals surface area contributed by atoms with Gasteiger partial charge in [-0.1, -0.05) is 54.6 Å². The Labute approximate surface area is 188 Å². The third-order valence-corrected chi connectivity index (χ3v) is 6.33. The summed E-state index contributed by atoms with van der Waals surface area (Å²) < 4.78 is 6.48. The molecule has 0 spiro atoms. The molecule has 3 rings (SSSR count). The third-order valence-electron chi connectivity index (χ3n) is 4.28. The largest absolute Gasteiger partial charge is 0.482 e. The summed E-state index contributed by atoms with van der Waals surface area (Å²) in [4.78, 5) is 11.8. The molecule has 3 aromatic rings. The minimum Gasteiger partial charge on any atom is -0.482 e. The lowest BCUT2D eigenvalue weighted by molar-refractivity contribution is -0.139. The number of benzene rings is 3. The number of carboxylic acid groups (broad SMARTS) is 1. The van der Waals surface area contributed by atoms with E-state index in [-0.39, 0.29) is 6.61 Å². The summed E-state index contributed by atoms with van der Waals surface area (Å²) in [5.41, 5.74) is 4.73. The molecular weight excluding hydrogens is 495 g/mol. The van der Waals surface area contributed by atoms with Gasteiger partial charge in [-0.3, -0.25) is 0 Å². The summed E-state index contributed by atoms with van der Waals surface area (Å²) in [6.45, 7) is 1.68. The molecule has 0 fully saturated rings. The van der Waals surface area contributed by atoms with Crippen LogP contribution in [0.1, 0.15) is 16.7 Å². The van der Waals surface area contributed by atoms with Crippen molar-refractivity contribution in [3.63, 3.8) is 0 Å². The topological polar surface area (TPSA) is 46.5 Å². The maximum atomic E-state index is 10.7. The van der Waals surface area contributed by atoms with Gasteiger partial charge in [0.25, 0.3) is 0 Å².